The summed E-state index contributed by atoms with van der Waals surface area (Å²) in [6, 6.07) is 6.85. The largest absolute Gasteiger partial charge is 0.497 e. The summed E-state index contributed by atoms with van der Waals surface area (Å²) in [4.78, 5) is 2.73. The Balaban J connectivity index is 1.71. The van der Waals surface area contributed by atoms with E-state index in [-0.39, 0.29) is 0 Å². The molecule has 2 bridgehead atoms. The van der Waals surface area contributed by atoms with E-state index >= 15 is 0 Å². The molecule has 23 heavy (non-hydrogen) atoms. The number of benzene rings is 1. The normalized spacial score (nSPS) is 34.6. The number of piperidine rings is 1. The number of ether oxygens (including phenoxy) is 1. The van der Waals surface area contributed by atoms with Crippen LogP contribution in [-0.2, 0) is 6.42 Å². The lowest BCUT2D eigenvalue weighted by atomic mass is 9.71. The molecule has 0 N–H and O–H groups in total. The van der Waals surface area contributed by atoms with Crippen LogP contribution in [0.15, 0.2) is 22.6 Å². The molecule has 1 aromatic heterocycles. The molecule has 3 nitrogen and oxygen atoms in total. The van der Waals surface area contributed by atoms with E-state index in [2.05, 4.69) is 37.8 Å². The van der Waals surface area contributed by atoms with Crippen molar-refractivity contribution in [3.8, 4) is 5.75 Å². The maximum atomic E-state index is 6.41. The fourth-order valence-electron chi connectivity index (χ4n) is 5.79. The zero-order chi connectivity index (χ0) is 16.0. The number of methoxy groups -OCH3 is 1. The molecule has 1 aromatic carbocycles. The average molecular weight is 311 g/mol. The Morgan fingerprint density at radius 3 is 2.83 bits per heavy atom. The fourth-order valence-corrected chi connectivity index (χ4v) is 5.79. The van der Waals surface area contributed by atoms with Gasteiger partial charge < -0.3 is 9.15 Å². The van der Waals surface area contributed by atoms with Gasteiger partial charge in [-0.2, -0.15) is 0 Å². The van der Waals surface area contributed by atoms with E-state index in [9.17, 15) is 0 Å². The highest BCUT2D eigenvalue weighted by molar-refractivity contribution is 5.84. The lowest BCUT2D eigenvalue weighted by Crippen LogP contribution is -2.39. The highest BCUT2D eigenvalue weighted by Gasteiger charge is 2.65. The molecule has 3 heteroatoms. The molecule has 5 rings (SSSR count). The Morgan fingerprint density at radius 1 is 1.26 bits per heavy atom. The summed E-state index contributed by atoms with van der Waals surface area (Å²) in [6.45, 7) is 9.81. The maximum Gasteiger partial charge on any atom is 0.134 e. The molecule has 3 unspecified atom stereocenters. The van der Waals surface area contributed by atoms with Crippen LogP contribution in [0.4, 0.5) is 0 Å². The van der Waals surface area contributed by atoms with E-state index in [1.165, 1.54) is 29.7 Å². The van der Waals surface area contributed by atoms with Crippen molar-refractivity contribution in [3.05, 3.63) is 29.5 Å². The van der Waals surface area contributed by atoms with E-state index < -0.39 is 0 Å². The third-order valence-corrected chi connectivity index (χ3v) is 7.31. The molecule has 3 heterocycles. The van der Waals surface area contributed by atoms with Crippen LogP contribution in [0.5, 0.6) is 5.75 Å². The van der Waals surface area contributed by atoms with Gasteiger partial charge in [0.2, 0.25) is 0 Å². The third-order valence-electron chi connectivity index (χ3n) is 7.31. The van der Waals surface area contributed by atoms with E-state index in [1.54, 1.807) is 7.11 Å². The minimum Gasteiger partial charge on any atom is -0.497 e. The Hall–Kier alpha value is -1.48. The zero-order valence-electron chi connectivity index (χ0n) is 14.5. The first-order valence-corrected chi connectivity index (χ1v) is 8.78. The first kappa shape index (κ1) is 13.9. The van der Waals surface area contributed by atoms with Gasteiger partial charge in [0.25, 0.3) is 0 Å². The van der Waals surface area contributed by atoms with Crippen molar-refractivity contribution in [1.82, 2.24) is 4.90 Å². The van der Waals surface area contributed by atoms with Crippen molar-refractivity contribution in [2.75, 3.05) is 20.2 Å². The molecule has 2 aromatic rings. The van der Waals surface area contributed by atoms with E-state index in [4.69, 9.17) is 9.15 Å². The molecule has 122 valence electrons. The summed E-state index contributed by atoms with van der Waals surface area (Å²) in [7, 11) is 1.73. The highest BCUT2D eigenvalue weighted by Crippen LogP contribution is 2.66. The SMILES string of the molecule is COc1ccc2oc3c(c2c1)CCN1CC2(C)CC3C1C2(C)C. The van der Waals surface area contributed by atoms with Crippen molar-refractivity contribution in [3.63, 3.8) is 0 Å². The van der Waals surface area contributed by atoms with Gasteiger partial charge in [-0.1, -0.05) is 20.8 Å². The molecule has 0 amide bonds. The third kappa shape index (κ3) is 1.54. The zero-order valence-corrected chi connectivity index (χ0v) is 14.5. The van der Waals surface area contributed by atoms with Crippen LogP contribution in [0.2, 0.25) is 0 Å². The van der Waals surface area contributed by atoms with Crippen LogP contribution in [0.3, 0.4) is 0 Å². The van der Waals surface area contributed by atoms with Gasteiger partial charge in [-0.15, -0.1) is 0 Å². The van der Waals surface area contributed by atoms with Crippen LogP contribution >= 0.6 is 0 Å². The van der Waals surface area contributed by atoms with E-state index in [0.29, 0.717) is 22.8 Å². The minimum absolute atomic E-state index is 0.357. The number of furan rings is 1. The van der Waals surface area contributed by atoms with Crippen molar-refractivity contribution >= 4 is 11.0 Å². The smallest absolute Gasteiger partial charge is 0.134 e. The lowest BCUT2D eigenvalue weighted by Gasteiger charge is -2.33. The number of nitrogens with zero attached hydrogens (tertiary/aromatic N) is 1. The number of hydrogen-bond donors (Lipinski definition) is 0. The number of rotatable bonds is 1. The van der Waals surface area contributed by atoms with Crippen molar-refractivity contribution < 1.29 is 9.15 Å². The van der Waals surface area contributed by atoms with Crippen molar-refractivity contribution in [2.24, 2.45) is 10.8 Å². The summed E-state index contributed by atoms with van der Waals surface area (Å²) >= 11 is 0. The van der Waals surface area contributed by atoms with Gasteiger partial charge in [0.05, 0.1) is 7.11 Å². The Labute approximate surface area is 137 Å². The molecule has 1 aliphatic carbocycles. The summed E-state index contributed by atoms with van der Waals surface area (Å²) in [5.41, 5.74) is 3.21. The molecular formula is C20H25NO2. The van der Waals surface area contributed by atoms with Gasteiger partial charge in [0.15, 0.2) is 0 Å². The Morgan fingerprint density at radius 2 is 2.09 bits per heavy atom. The Kier molecular flexibility index (Phi) is 2.50. The molecule has 3 aliphatic rings. The lowest BCUT2D eigenvalue weighted by molar-refractivity contribution is 0.162. The highest BCUT2D eigenvalue weighted by atomic mass is 16.5. The van der Waals surface area contributed by atoms with E-state index in [1.807, 2.05) is 6.07 Å². The predicted molar refractivity (Wildman–Crippen MR) is 91.1 cm³/mol. The summed E-state index contributed by atoms with van der Waals surface area (Å²) in [6.07, 6.45) is 2.35. The maximum absolute atomic E-state index is 6.41. The first-order chi connectivity index (χ1) is 10.9. The topological polar surface area (TPSA) is 25.6 Å². The second kappa shape index (κ2) is 4.13. The van der Waals surface area contributed by atoms with E-state index in [0.717, 1.165) is 24.3 Å². The summed E-state index contributed by atoms with van der Waals surface area (Å²) in [5, 5.41) is 1.26. The van der Waals surface area contributed by atoms with Crippen LogP contribution in [0.1, 0.15) is 44.4 Å². The molecule has 2 aliphatic heterocycles. The van der Waals surface area contributed by atoms with Gasteiger partial charge in [0, 0.05) is 36.0 Å². The minimum atomic E-state index is 0.357. The molecule has 3 atom stereocenters. The Bertz CT molecular complexity index is 803. The summed E-state index contributed by atoms with van der Waals surface area (Å²) in [5.74, 6) is 2.72. The molecular weight excluding hydrogens is 286 g/mol. The van der Waals surface area contributed by atoms with Crippen molar-refractivity contribution in [2.45, 2.75) is 45.6 Å². The van der Waals surface area contributed by atoms with Gasteiger partial charge in [-0.05, 0) is 41.9 Å². The first-order valence-electron chi connectivity index (χ1n) is 8.78. The number of fused-ring (bicyclic) bond motifs is 5. The van der Waals surface area contributed by atoms with Crippen LogP contribution in [0, 0.1) is 10.8 Å². The second-order valence-corrected chi connectivity index (χ2v) is 8.57. The van der Waals surface area contributed by atoms with Crippen LogP contribution < -0.4 is 4.74 Å². The molecule has 0 spiro atoms. The van der Waals surface area contributed by atoms with Gasteiger partial charge >= 0.3 is 0 Å². The van der Waals surface area contributed by atoms with Crippen LogP contribution in [-0.4, -0.2) is 31.1 Å². The standard InChI is InChI=1S/C20H25NO2/c1-19(2)18-15-10-20(19,3)11-21(18)8-7-13-14-9-12(22-4)5-6-16(14)23-17(13)15/h5-6,9,15,18H,7-8,10-11H2,1-4H3. The molecule has 1 saturated carbocycles. The predicted octanol–water partition coefficient (Wildman–Crippen LogP) is 4.20. The van der Waals surface area contributed by atoms with Gasteiger partial charge in [-0.3, -0.25) is 4.90 Å². The van der Waals surface area contributed by atoms with Crippen LogP contribution in [0.25, 0.3) is 11.0 Å². The van der Waals surface area contributed by atoms with Crippen molar-refractivity contribution in [1.29, 1.82) is 0 Å². The van der Waals surface area contributed by atoms with Gasteiger partial charge in [-0.25, -0.2) is 0 Å². The quantitative estimate of drug-likeness (QED) is 0.789. The monoisotopic (exact) mass is 311 g/mol. The molecule has 2 fully saturated rings. The molecule has 1 saturated heterocycles. The number of hydrogen-bond acceptors (Lipinski definition) is 3. The summed E-state index contributed by atoms with van der Waals surface area (Å²) < 4.78 is 11.8. The fraction of sp³-hybridized carbons (Fsp3) is 0.600. The second-order valence-electron chi connectivity index (χ2n) is 8.57. The average Bonchev–Trinajstić information content (AvgIpc) is 3.01. The molecule has 0 radical (unpaired) electrons. The van der Waals surface area contributed by atoms with Gasteiger partial charge in [0.1, 0.15) is 17.1 Å².